The Morgan fingerprint density at radius 2 is 2.43 bits per heavy atom. The van der Waals surface area contributed by atoms with Crippen LogP contribution in [0.15, 0.2) is 6.20 Å². The van der Waals surface area contributed by atoms with Crippen molar-refractivity contribution in [3.05, 3.63) is 17.5 Å². The van der Waals surface area contributed by atoms with E-state index in [1.165, 1.54) is 7.11 Å². The molecule has 0 saturated heterocycles. The van der Waals surface area contributed by atoms with Crippen LogP contribution in [0.5, 0.6) is 0 Å². The fourth-order valence-electron chi connectivity index (χ4n) is 1.37. The number of ether oxygens (including phenoxy) is 1. The first-order valence-corrected chi connectivity index (χ1v) is 5.40. The van der Waals surface area contributed by atoms with E-state index in [2.05, 4.69) is 25.8 Å². The summed E-state index contributed by atoms with van der Waals surface area (Å²) in [5.74, 6) is -0.0995. The van der Waals surface area contributed by atoms with Gasteiger partial charge in [0, 0.05) is 18.3 Å². The number of carbonyl (C=O) groups is 1. The number of hydrogen-bond acceptors (Lipinski definition) is 3. The minimum atomic E-state index is -0.332. The van der Waals surface area contributed by atoms with Crippen LogP contribution in [0.3, 0.4) is 0 Å². The first-order valence-electron chi connectivity index (χ1n) is 4.28. The molecule has 5 heteroatoms. The normalized spacial score (nSPS) is 12.6. The molecular formula is C9H13BrN2O2. The maximum absolute atomic E-state index is 11.4. The van der Waals surface area contributed by atoms with Crippen molar-refractivity contribution in [3.8, 4) is 0 Å². The van der Waals surface area contributed by atoms with Crippen LogP contribution in [0.25, 0.3) is 0 Å². The largest absolute Gasteiger partial charge is 0.465 e. The number of aromatic nitrogens is 2. The summed E-state index contributed by atoms with van der Waals surface area (Å²) < 4.78 is 6.38. The molecule has 1 aromatic rings. The lowest BCUT2D eigenvalue weighted by Gasteiger charge is -2.10. The van der Waals surface area contributed by atoms with Crippen molar-refractivity contribution in [2.45, 2.75) is 12.8 Å². The molecule has 0 bridgehead atoms. The molecule has 1 unspecified atom stereocenters. The van der Waals surface area contributed by atoms with Crippen LogP contribution in [0.2, 0.25) is 0 Å². The summed E-state index contributed by atoms with van der Waals surface area (Å²) in [6.07, 6.45) is 1.54. The average molecular weight is 261 g/mol. The molecule has 0 aromatic carbocycles. The Bertz CT molecular complexity index is 336. The lowest BCUT2D eigenvalue weighted by Crippen LogP contribution is -2.10. The van der Waals surface area contributed by atoms with Gasteiger partial charge in [-0.2, -0.15) is 5.10 Å². The summed E-state index contributed by atoms with van der Waals surface area (Å²) in [5, 5.41) is 4.84. The van der Waals surface area contributed by atoms with E-state index in [1.54, 1.807) is 10.9 Å². The van der Waals surface area contributed by atoms with Crippen molar-refractivity contribution >= 4 is 21.9 Å². The topological polar surface area (TPSA) is 44.1 Å². The first kappa shape index (κ1) is 11.2. The van der Waals surface area contributed by atoms with Gasteiger partial charge in [-0.25, -0.2) is 4.79 Å². The molecule has 1 heterocycles. The molecule has 0 aliphatic heterocycles. The van der Waals surface area contributed by atoms with Gasteiger partial charge < -0.3 is 4.74 Å². The molecule has 4 nitrogen and oxygen atoms in total. The van der Waals surface area contributed by atoms with Gasteiger partial charge in [-0.05, 0) is 0 Å². The summed E-state index contributed by atoms with van der Waals surface area (Å²) in [6, 6.07) is 0. The zero-order valence-electron chi connectivity index (χ0n) is 8.45. The van der Waals surface area contributed by atoms with E-state index in [9.17, 15) is 4.79 Å². The van der Waals surface area contributed by atoms with Gasteiger partial charge in [-0.1, -0.05) is 22.9 Å². The molecule has 0 spiro atoms. The summed E-state index contributed by atoms with van der Waals surface area (Å²) in [7, 11) is 3.19. The van der Waals surface area contributed by atoms with Gasteiger partial charge in [0.15, 0.2) is 0 Å². The van der Waals surface area contributed by atoms with Crippen LogP contribution in [0, 0.1) is 0 Å². The predicted octanol–water partition coefficient (Wildman–Crippen LogP) is 1.71. The van der Waals surface area contributed by atoms with Crippen molar-refractivity contribution < 1.29 is 9.53 Å². The average Bonchev–Trinajstić information content (AvgIpc) is 2.58. The number of esters is 1. The minimum Gasteiger partial charge on any atom is -0.465 e. The van der Waals surface area contributed by atoms with Crippen LogP contribution in [-0.2, 0) is 11.8 Å². The maximum atomic E-state index is 11.4. The number of rotatable bonds is 3. The second-order valence-electron chi connectivity index (χ2n) is 3.11. The number of aryl methyl sites for hydroxylation is 1. The molecule has 0 aliphatic carbocycles. The van der Waals surface area contributed by atoms with Gasteiger partial charge >= 0.3 is 5.97 Å². The third kappa shape index (κ3) is 1.97. The fourth-order valence-corrected chi connectivity index (χ4v) is 1.68. The van der Waals surface area contributed by atoms with Gasteiger partial charge in [0.1, 0.15) is 5.56 Å². The number of halogens is 1. The standard InChI is InChI=1S/C9H13BrN2O2/c1-6(4-10)8-7(9(13)14-3)5-11-12(8)2/h5-6H,4H2,1-3H3. The number of hydrogen-bond donors (Lipinski definition) is 0. The molecule has 0 radical (unpaired) electrons. The highest BCUT2D eigenvalue weighted by Gasteiger charge is 2.20. The highest BCUT2D eigenvalue weighted by Crippen LogP contribution is 2.21. The summed E-state index contributed by atoms with van der Waals surface area (Å²) in [6.45, 7) is 2.03. The third-order valence-corrected chi connectivity index (χ3v) is 3.06. The van der Waals surface area contributed by atoms with Crippen molar-refractivity contribution in [1.29, 1.82) is 0 Å². The maximum Gasteiger partial charge on any atom is 0.341 e. The highest BCUT2D eigenvalue weighted by molar-refractivity contribution is 9.09. The van der Waals surface area contributed by atoms with Crippen LogP contribution in [0.1, 0.15) is 28.9 Å². The highest BCUT2D eigenvalue weighted by atomic mass is 79.9. The molecule has 0 amide bonds. The third-order valence-electron chi connectivity index (χ3n) is 2.09. The van der Waals surface area contributed by atoms with Gasteiger partial charge in [0.05, 0.1) is 19.0 Å². The van der Waals surface area contributed by atoms with Crippen LogP contribution < -0.4 is 0 Å². The van der Waals surface area contributed by atoms with E-state index in [4.69, 9.17) is 0 Å². The monoisotopic (exact) mass is 260 g/mol. The molecule has 0 saturated carbocycles. The number of methoxy groups -OCH3 is 1. The van der Waals surface area contributed by atoms with E-state index < -0.39 is 0 Å². The second kappa shape index (κ2) is 4.59. The summed E-state index contributed by atoms with van der Waals surface area (Å²) in [4.78, 5) is 11.4. The van der Waals surface area contributed by atoms with Gasteiger partial charge in [-0.15, -0.1) is 0 Å². The molecule has 1 atom stereocenters. The van der Waals surface area contributed by atoms with Gasteiger partial charge in [0.25, 0.3) is 0 Å². The van der Waals surface area contributed by atoms with E-state index in [-0.39, 0.29) is 11.9 Å². The van der Waals surface area contributed by atoms with Gasteiger partial charge in [-0.3, -0.25) is 4.68 Å². The zero-order valence-corrected chi connectivity index (χ0v) is 10.0. The molecule has 0 N–H and O–H groups in total. The van der Waals surface area contributed by atoms with E-state index in [0.717, 1.165) is 11.0 Å². The van der Waals surface area contributed by atoms with E-state index in [0.29, 0.717) is 5.56 Å². The fraction of sp³-hybridized carbons (Fsp3) is 0.556. The van der Waals surface area contributed by atoms with Gasteiger partial charge in [0.2, 0.25) is 0 Å². The van der Waals surface area contributed by atoms with Crippen LogP contribution in [-0.4, -0.2) is 28.2 Å². The Morgan fingerprint density at radius 1 is 1.79 bits per heavy atom. The van der Waals surface area contributed by atoms with Crippen LogP contribution in [0.4, 0.5) is 0 Å². The van der Waals surface area contributed by atoms with Crippen molar-refractivity contribution in [2.75, 3.05) is 12.4 Å². The molecule has 1 aromatic heterocycles. The molecule has 0 aliphatic rings. The molecule has 1 rings (SSSR count). The smallest absolute Gasteiger partial charge is 0.341 e. The van der Waals surface area contributed by atoms with Crippen molar-refractivity contribution in [2.24, 2.45) is 7.05 Å². The zero-order chi connectivity index (χ0) is 10.7. The Labute approximate surface area is 91.4 Å². The Kier molecular flexibility index (Phi) is 3.69. The second-order valence-corrected chi connectivity index (χ2v) is 3.76. The minimum absolute atomic E-state index is 0.233. The molecule has 14 heavy (non-hydrogen) atoms. The van der Waals surface area contributed by atoms with Crippen molar-refractivity contribution in [3.63, 3.8) is 0 Å². The molecular weight excluding hydrogens is 248 g/mol. The lowest BCUT2D eigenvalue weighted by molar-refractivity contribution is 0.0599. The van der Waals surface area contributed by atoms with E-state index >= 15 is 0 Å². The van der Waals surface area contributed by atoms with Crippen LogP contribution >= 0.6 is 15.9 Å². The number of alkyl halides is 1. The number of carbonyl (C=O) groups excluding carboxylic acids is 1. The SMILES string of the molecule is COC(=O)c1cnn(C)c1C(C)CBr. The Balaban J connectivity index is 3.12. The van der Waals surface area contributed by atoms with E-state index in [1.807, 2.05) is 14.0 Å². The Hall–Kier alpha value is -0.840. The summed E-state index contributed by atoms with van der Waals surface area (Å²) in [5.41, 5.74) is 1.44. The van der Waals surface area contributed by atoms with Crippen molar-refractivity contribution in [1.82, 2.24) is 9.78 Å². The quantitative estimate of drug-likeness (QED) is 0.614. The summed E-state index contributed by atoms with van der Waals surface area (Å²) >= 11 is 3.38. The Morgan fingerprint density at radius 3 is 2.93 bits per heavy atom. The molecule has 0 fully saturated rings. The lowest BCUT2D eigenvalue weighted by atomic mass is 10.1. The number of nitrogens with zero attached hydrogens (tertiary/aromatic N) is 2. The first-order chi connectivity index (χ1) is 6.61. The molecule has 78 valence electrons. The predicted molar refractivity (Wildman–Crippen MR) is 56.8 cm³/mol.